The Morgan fingerprint density at radius 2 is 1.68 bits per heavy atom. The molecule has 214 valence electrons. The number of rotatable bonds is 12. The Morgan fingerprint density at radius 3 is 2.24 bits per heavy atom. The van der Waals surface area contributed by atoms with Gasteiger partial charge in [-0.2, -0.15) is 0 Å². The molecule has 0 spiro atoms. The third kappa shape index (κ3) is 10.2. The van der Waals surface area contributed by atoms with Crippen molar-refractivity contribution in [2.45, 2.75) is 31.1 Å². The van der Waals surface area contributed by atoms with E-state index < -0.39 is 36.2 Å². The van der Waals surface area contributed by atoms with Gasteiger partial charge in [0.25, 0.3) is 5.56 Å². The van der Waals surface area contributed by atoms with Gasteiger partial charge in [-0.25, -0.2) is 21.5 Å². The molecular formula is C21H24N4Na2O11S3. The van der Waals surface area contributed by atoms with Crippen molar-refractivity contribution in [3.8, 4) is 11.4 Å². The summed E-state index contributed by atoms with van der Waals surface area (Å²) >= 11 is 0.194. The zero-order valence-electron chi connectivity index (χ0n) is 21.9. The Hall–Kier alpha value is -1.10. The number of hydrogen-bond acceptors (Lipinski definition) is 14. The second kappa shape index (κ2) is 17.3. The second-order valence-corrected chi connectivity index (χ2v) is 11.5. The van der Waals surface area contributed by atoms with Gasteiger partial charge in [-0.05, 0) is 49.7 Å². The van der Waals surface area contributed by atoms with Gasteiger partial charge in [-0.1, -0.05) is 7.43 Å². The van der Waals surface area contributed by atoms with Crippen molar-refractivity contribution in [3.05, 3.63) is 58.0 Å². The third-order valence-corrected chi connectivity index (χ3v) is 8.07. The van der Waals surface area contributed by atoms with Gasteiger partial charge in [0.1, 0.15) is 21.6 Å². The summed E-state index contributed by atoms with van der Waals surface area (Å²) in [4.78, 5) is 12.4. The third-order valence-electron chi connectivity index (χ3n) is 5.03. The molecule has 41 heavy (non-hydrogen) atoms. The standard InChI is InChI=1S/C20H22N4O11S3.CH4.2Na/c1-12-10-16(17(32-3)11-18(12)37(27,28)9-8-33-36-35-34-26)21-22-19-13(2)23-24(20(19)25)14-4-6-15(7-5-14)38(29,30)31;;;/h4-7,10-11,23,26H,8-9H2,1-3H3,(H,29,30,31);1H4;;/q;;2*+1/p-2. The predicted octanol–water partition coefficient (Wildman–Crippen LogP) is -3.67. The molecule has 15 nitrogen and oxygen atoms in total. The van der Waals surface area contributed by atoms with Crippen molar-refractivity contribution >= 4 is 43.7 Å². The summed E-state index contributed by atoms with van der Waals surface area (Å²) in [5.74, 6) is -0.365. The fourth-order valence-corrected chi connectivity index (χ4v) is 5.40. The summed E-state index contributed by atoms with van der Waals surface area (Å²) in [7, 11) is -7.17. The molecular weight excluding hydrogens is 626 g/mol. The molecule has 0 fully saturated rings. The normalized spacial score (nSPS) is 11.4. The van der Waals surface area contributed by atoms with Crippen molar-refractivity contribution in [2.75, 3.05) is 19.5 Å². The quantitative estimate of drug-likeness (QED) is 0.0382. The molecule has 0 unspecified atom stereocenters. The van der Waals surface area contributed by atoms with Crippen LogP contribution < -0.4 is 74.7 Å². The largest absolute Gasteiger partial charge is 1.00 e. The molecule has 0 saturated heterocycles. The molecule has 3 aromatic rings. The first-order valence-electron chi connectivity index (χ1n) is 10.3. The number of methoxy groups -OCH3 is 1. The van der Waals surface area contributed by atoms with E-state index in [1.165, 1.54) is 38.3 Å². The van der Waals surface area contributed by atoms with E-state index in [-0.39, 0.29) is 113 Å². The van der Waals surface area contributed by atoms with Crippen LogP contribution in [-0.2, 0) is 33.5 Å². The first-order chi connectivity index (χ1) is 17.9. The number of sulfone groups is 1. The van der Waals surface area contributed by atoms with Crippen LogP contribution in [0.5, 0.6) is 5.75 Å². The van der Waals surface area contributed by atoms with Crippen molar-refractivity contribution in [1.82, 2.24) is 9.78 Å². The molecule has 0 aliphatic carbocycles. The molecule has 0 aliphatic rings. The maximum absolute atomic E-state index is 12.9. The number of aryl methyl sites for hydroxylation is 2. The van der Waals surface area contributed by atoms with E-state index in [0.29, 0.717) is 11.3 Å². The molecule has 20 heteroatoms. The van der Waals surface area contributed by atoms with E-state index in [9.17, 15) is 31.4 Å². The molecule has 1 heterocycles. The molecule has 0 aliphatic heterocycles. The number of H-pyrrole nitrogens is 1. The summed E-state index contributed by atoms with van der Waals surface area (Å²) in [5, 5.41) is 23.7. The van der Waals surface area contributed by atoms with Gasteiger partial charge in [-0.15, -0.1) is 14.6 Å². The van der Waals surface area contributed by atoms with E-state index in [1.54, 1.807) is 6.92 Å². The van der Waals surface area contributed by atoms with Gasteiger partial charge in [0, 0.05) is 6.07 Å². The fraction of sp³-hybridized carbons (Fsp3) is 0.286. The van der Waals surface area contributed by atoms with Crippen LogP contribution >= 0.6 is 12.3 Å². The van der Waals surface area contributed by atoms with Gasteiger partial charge in [-0.3, -0.25) is 19.1 Å². The van der Waals surface area contributed by atoms with Crippen LogP contribution in [0.1, 0.15) is 18.7 Å². The van der Waals surface area contributed by atoms with Crippen LogP contribution in [0.4, 0.5) is 11.4 Å². The Bertz CT molecular complexity index is 1610. The van der Waals surface area contributed by atoms with Crippen molar-refractivity contribution in [3.63, 3.8) is 0 Å². The topological polar surface area (TPSA) is 214 Å². The second-order valence-electron chi connectivity index (χ2n) is 7.51. The summed E-state index contributed by atoms with van der Waals surface area (Å²) < 4.78 is 73.8. The van der Waals surface area contributed by atoms with Gasteiger partial charge in [0.05, 0.1) is 40.6 Å². The minimum absolute atomic E-state index is 0. The maximum atomic E-state index is 12.9. The monoisotopic (exact) mass is 650 g/mol. The minimum atomic E-state index is -4.64. The summed E-state index contributed by atoms with van der Waals surface area (Å²) in [6, 6.07) is 7.39. The first-order valence-corrected chi connectivity index (χ1v) is 14.1. The van der Waals surface area contributed by atoms with E-state index in [2.05, 4.69) is 24.7 Å². The van der Waals surface area contributed by atoms with Crippen molar-refractivity contribution in [1.29, 1.82) is 0 Å². The molecule has 0 bridgehead atoms. The number of nitrogens with one attached hydrogen (secondary N) is 1. The SMILES string of the molecule is C.COc1cc(S(=O)(=O)CCOSOO[O-])c(C)cc1N=Nc1c(C)[nH]n(-c2ccc(S(=O)(=O)[O-])cc2)c1=O.[Na+].[Na+]. The molecule has 2 aromatic carbocycles. The summed E-state index contributed by atoms with van der Waals surface area (Å²) in [5.41, 5.74) is 0.378. The van der Waals surface area contributed by atoms with Crippen LogP contribution in [0.25, 0.3) is 5.69 Å². The average Bonchev–Trinajstić information content (AvgIpc) is 3.14. The molecule has 3 rings (SSSR count). The molecule has 0 radical (unpaired) electrons. The number of nitrogens with zero attached hydrogens (tertiary/aromatic N) is 3. The van der Waals surface area contributed by atoms with E-state index in [0.717, 1.165) is 16.8 Å². The number of aromatic amines is 1. The number of benzene rings is 2. The summed E-state index contributed by atoms with van der Waals surface area (Å²) in [6.45, 7) is 2.80. The molecule has 0 amide bonds. The number of hydrogen-bond donors (Lipinski definition) is 1. The average molecular weight is 651 g/mol. The van der Waals surface area contributed by atoms with Gasteiger partial charge in [0.15, 0.2) is 27.8 Å². The zero-order valence-corrected chi connectivity index (χ0v) is 28.4. The van der Waals surface area contributed by atoms with E-state index in [1.807, 2.05) is 0 Å². The van der Waals surface area contributed by atoms with Crippen LogP contribution in [-0.4, -0.2) is 50.6 Å². The first kappa shape index (κ1) is 39.9. The Balaban J connectivity index is 0.00000533. The Labute approximate surface area is 285 Å². The maximum Gasteiger partial charge on any atom is 1.00 e. The molecule has 1 N–H and O–H groups in total. The van der Waals surface area contributed by atoms with Gasteiger partial charge < -0.3 is 14.5 Å². The van der Waals surface area contributed by atoms with E-state index >= 15 is 0 Å². The number of azo groups is 1. The van der Waals surface area contributed by atoms with Gasteiger partial charge in [0.2, 0.25) is 0 Å². The number of aromatic nitrogens is 2. The molecule has 0 saturated carbocycles. The van der Waals surface area contributed by atoms with Crippen LogP contribution in [0.3, 0.4) is 0 Å². The van der Waals surface area contributed by atoms with E-state index in [4.69, 9.17) is 8.92 Å². The van der Waals surface area contributed by atoms with Gasteiger partial charge >= 0.3 is 59.1 Å². The Kier molecular flexibility index (Phi) is 16.8. The minimum Gasteiger partial charge on any atom is -0.744 e. The molecule has 0 atom stereocenters. The van der Waals surface area contributed by atoms with Crippen LogP contribution in [0.2, 0.25) is 0 Å². The van der Waals surface area contributed by atoms with Crippen LogP contribution in [0.15, 0.2) is 61.2 Å². The predicted molar refractivity (Wildman–Crippen MR) is 135 cm³/mol. The zero-order chi connectivity index (χ0) is 28.1. The van der Waals surface area contributed by atoms with Crippen LogP contribution in [0, 0.1) is 13.8 Å². The van der Waals surface area contributed by atoms with Crippen molar-refractivity contribution in [2.24, 2.45) is 10.2 Å². The molecule has 1 aromatic heterocycles. The fourth-order valence-electron chi connectivity index (χ4n) is 3.25. The number of ether oxygens (including phenoxy) is 1. The smallest absolute Gasteiger partial charge is 0.744 e. The summed E-state index contributed by atoms with van der Waals surface area (Å²) in [6.07, 6.45) is 0. The Morgan fingerprint density at radius 1 is 1.05 bits per heavy atom. The van der Waals surface area contributed by atoms with Crippen molar-refractivity contribution < 1.29 is 104 Å².